The molecule has 0 aliphatic heterocycles. The number of alkyl halides is 1. The highest BCUT2D eigenvalue weighted by molar-refractivity contribution is 7.08. The molecule has 2 atom stereocenters. The summed E-state index contributed by atoms with van der Waals surface area (Å²) < 4.78 is 12.8. The van der Waals surface area contributed by atoms with Gasteiger partial charge in [-0.3, -0.25) is 4.79 Å². The predicted molar refractivity (Wildman–Crippen MR) is 54.3 cm³/mol. The van der Waals surface area contributed by atoms with Crippen molar-refractivity contribution >= 4 is 17.2 Å². The molecule has 0 aromatic carbocycles. The Morgan fingerprint density at radius 3 is 3.00 bits per heavy atom. The zero-order valence-corrected chi connectivity index (χ0v) is 8.52. The monoisotopic (exact) mass is 213 g/mol. The van der Waals surface area contributed by atoms with Crippen molar-refractivity contribution in [1.29, 1.82) is 0 Å². The highest BCUT2D eigenvalue weighted by Gasteiger charge is 2.25. The zero-order valence-electron chi connectivity index (χ0n) is 7.70. The first-order chi connectivity index (χ1) is 6.75. The van der Waals surface area contributed by atoms with Crippen LogP contribution >= 0.6 is 11.3 Å². The van der Waals surface area contributed by atoms with Gasteiger partial charge in [0, 0.05) is 17.0 Å². The van der Waals surface area contributed by atoms with Crippen LogP contribution in [0.4, 0.5) is 4.39 Å². The number of amides is 1. The molecule has 1 aliphatic rings. The van der Waals surface area contributed by atoms with Crippen molar-refractivity contribution in [2.45, 2.75) is 31.5 Å². The molecule has 1 aliphatic carbocycles. The third kappa shape index (κ3) is 2.12. The average molecular weight is 213 g/mol. The van der Waals surface area contributed by atoms with Crippen molar-refractivity contribution in [3.63, 3.8) is 0 Å². The fourth-order valence-electron chi connectivity index (χ4n) is 1.72. The molecule has 0 bridgehead atoms. The summed E-state index contributed by atoms with van der Waals surface area (Å²) in [5.41, 5.74) is 0.678. The Labute approximate surface area is 86.1 Å². The summed E-state index contributed by atoms with van der Waals surface area (Å²) in [5, 5.41) is 6.50. The van der Waals surface area contributed by atoms with Gasteiger partial charge in [0.2, 0.25) is 0 Å². The summed E-state index contributed by atoms with van der Waals surface area (Å²) in [4.78, 5) is 11.5. The van der Waals surface area contributed by atoms with E-state index in [0.717, 1.165) is 6.42 Å². The minimum atomic E-state index is -0.734. The van der Waals surface area contributed by atoms with Gasteiger partial charge in [0.1, 0.15) is 6.17 Å². The van der Waals surface area contributed by atoms with Crippen molar-refractivity contribution < 1.29 is 9.18 Å². The number of carbonyl (C=O) groups is 1. The van der Waals surface area contributed by atoms with Gasteiger partial charge in [-0.2, -0.15) is 11.3 Å². The second-order valence-electron chi connectivity index (χ2n) is 3.59. The number of halogens is 1. The number of hydrogen-bond acceptors (Lipinski definition) is 2. The van der Waals surface area contributed by atoms with Crippen LogP contribution in [-0.2, 0) is 0 Å². The lowest BCUT2D eigenvalue weighted by atomic mass is 10.2. The highest BCUT2D eigenvalue weighted by Crippen LogP contribution is 2.22. The minimum absolute atomic E-state index is 0.0254. The predicted octanol–water partition coefficient (Wildman–Crippen LogP) is 2.37. The summed E-state index contributed by atoms with van der Waals surface area (Å²) >= 11 is 1.49. The van der Waals surface area contributed by atoms with Gasteiger partial charge in [-0.1, -0.05) is 0 Å². The smallest absolute Gasteiger partial charge is 0.252 e. The van der Waals surface area contributed by atoms with E-state index in [2.05, 4.69) is 5.32 Å². The Hall–Kier alpha value is -0.900. The summed E-state index contributed by atoms with van der Waals surface area (Å²) in [5.74, 6) is -0.0784. The number of rotatable bonds is 2. The maximum atomic E-state index is 12.8. The van der Waals surface area contributed by atoms with E-state index >= 15 is 0 Å². The van der Waals surface area contributed by atoms with Crippen molar-refractivity contribution in [2.24, 2.45) is 0 Å². The van der Waals surface area contributed by atoms with Crippen LogP contribution in [-0.4, -0.2) is 18.1 Å². The Bertz CT molecular complexity index is 312. The molecule has 1 heterocycles. The molecule has 4 heteroatoms. The van der Waals surface area contributed by atoms with Crippen LogP contribution in [0, 0.1) is 0 Å². The molecule has 0 spiro atoms. The number of carbonyl (C=O) groups excluding carboxylic acids is 1. The Balaban J connectivity index is 1.89. The molecule has 1 aromatic rings. The van der Waals surface area contributed by atoms with Gasteiger partial charge in [-0.05, 0) is 30.7 Å². The van der Waals surface area contributed by atoms with Gasteiger partial charge in [-0.25, -0.2) is 4.39 Å². The largest absolute Gasteiger partial charge is 0.349 e. The molecule has 1 amide bonds. The molecule has 1 aromatic heterocycles. The third-order valence-electron chi connectivity index (χ3n) is 2.49. The van der Waals surface area contributed by atoms with E-state index in [1.165, 1.54) is 11.3 Å². The van der Waals surface area contributed by atoms with Crippen LogP contribution < -0.4 is 5.32 Å². The van der Waals surface area contributed by atoms with Gasteiger partial charge in [0.25, 0.3) is 5.91 Å². The maximum absolute atomic E-state index is 12.8. The molecule has 76 valence electrons. The maximum Gasteiger partial charge on any atom is 0.252 e. The fourth-order valence-corrected chi connectivity index (χ4v) is 2.36. The van der Waals surface area contributed by atoms with Crippen LogP contribution in [0.1, 0.15) is 29.6 Å². The fraction of sp³-hybridized carbons (Fsp3) is 0.500. The van der Waals surface area contributed by atoms with Crippen LogP contribution in [0.25, 0.3) is 0 Å². The SMILES string of the molecule is O=C(N[C@H]1CC[C@H](F)C1)c1ccsc1. The van der Waals surface area contributed by atoms with Crippen molar-refractivity contribution in [1.82, 2.24) is 5.32 Å². The quantitative estimate of drug-likeness (QED) is 0.802. The summed E-state index contributed by atoms with van der Waals surface area (Å²) in [7, 11) is 0. The van der Waals surface area contributed by atoms with Crippen LogP contribution in [0.15, 0.2) is 16.8 Å². The molecule has 2 rings (SSSR count). The molecule has 2 nitrogen and oxygen atoms in total. The number of nitrogens with one attached hydrogen (secondary N) is 1. The van der Waals surface area contributed by atoms with Gasteiger partial charge >= 0.3 is 0 Å². The van der Waals surface area contributed by atoms with Crippen LogP contribution in [0.3, 0.4) is 0 Å². The van der Waals surface area contributed by atoms with E-state index < -0.39 is 6.17 Å². The lowest BCUT2D eigenvalue weighted by Crippen LogP contribution is -2.32. The molecular formula is C10H12FNOS. The van der Waals surface area contributed by atoms with E-state index in [0.29, 0.717) is 18.4 Å². The van der Waals surface area contributed by atoms with Gasteiger partial charge in [0.15, 0.2) is 0 Å². The van der Waals surface area contributed by atoms with Crippen molar-refractivity contribution in [2.75, 3.05) is 0 Å². The van der Waals surface area contributed by atoms with Crippen molar-refractivity contribution in [3.05, 3.63) is 22.4 Å². The van der Waals surface area contributed by atoms with E-state index in [1.54, 1.807) is 11.4 Å². The topological polar surface area (TPSA) is 29.1 Å². The van der Waals surface area contributed by atoms with Gasteiger partial charge in [0.05, 0.1) is 0 Å². The lowest BCUT2D eigenvalue weighted by Gasteiger charge is -2.10. The molecule has 14 heavy (non-hydrogen) atoms. The first kappa shape index (κ1) is 9.65. The van der Waals surface area contributed by atoms with E-state index in [1.807, 2.05) is 5.38 Å². The second-order valence-corrected chi connectivity index (χ2v) is 4.37. The summed E-state index contributed by atoms with van der Waals surface area (Å²) in [6, 6.07) is 1.81. The highest BCUT2D eigenvalue weighted by atomic mass is 32.1. The average Bonchev–Trinajstić information content (AvgIpc) is 2.75. The molecule has 1 N–H and O–H groups in total. The Morgan fingerprint density at radius 2 is 2.43 bits per heavy atom. The summed E-state index contributed by atoms with van der Waals surface area (Å²) in [6.45, 7) is 0. The summed E-state index contributed by atoms with van der Waals surface area (Å²) in [6.07, 6.45) is 1.07. The first-order valence-electron chi connectivity index (χ1n) is 4.73. The first-order valence-corrected chi connectivity index (χ1v) is 5.67. The van der Waals surface area contributed by atoms with Crippen LogP contribution in [0.5, 0.6) is 0 Å². The molecule has 1 fully saturated rings. The molecule has 0 radical (unpaired) electrons. The van der Waals surface area contributed by atoms with E-state index in [9.17, 15) is 9.18 Å². The lowest BCUT2D eigenvalue weighted by molar-refractivity contribution is 0.0937. The molecule has 0 unspecified atom stereocenters. The molecule has 1 saturated carbocycles. The minimum Gasteiger partial charge on any atom is -0.349 e. The Morgan fingerprint density at radius 1 is 1.57 bits per heavy atom. The molecular weight excluding hydrogens is 201 g/mol. The zero-order chi connectivity index (χ0) is 9.97. The third-order valence-corrected chi connectivity index (χ3v) is 3.17. The molecule has 0 saturated heterocycles. The van der Waals surface area contributed by atoms with E-state index in [4.69, 9.17) is 0 Å². The van der Waals surface area contributed by atoms with E-state index in [-0.39, 0.29) is 11.9 Å². The second kappa shape index (κ2) is 4.09. The number of thiophene rings is 1. The number of hydrogen-bond donors (Lipinski definition) is 1. The standard InChI is InChI=1S/C10H12FNOS/c11-8-1-2-9(5-8)12-10(13)7-3-4-14-6-7/h3-4,6,8-9H,1-2,5H2,(H,12,13)/t8-,9-/m0/s1. The van der Waals surface area contributed by atoms with Crippen molar-refractivity contribution in [3.8, 4) is 0 Å². The van der Waals surface area contributed by atoms with Gasteiger partial charge in [-0.15, -0.1) is 0 Å². The van der Waals surface area contributed by atoms with Crippen LogP contribution in [0.2, 0.25) is 0 Å². The Kier molecular flexibility index (Phi) is 2.82. The normalized spacial score (nSPS) is 26.4. The van der Waals surface area contributed by atoms with Gasteiger partial charge < -0.3 is 5.32 Å².